The minimum absolute atomic E-state index is 0.406. The van der Waals surface area contributed by atoms with E-state index >= 15 is 0 Å². The van der Waals surface area contributed by atoms with Crippen molar-refractivity contribution in [3.63, 3.8) is 0 Å². The zero-order valence-corrected chi connectivity index (χ0v) is 8.22. The molecule has 0 spiro atoms. The monoisotopic (exact) mass is 220 g/mol. The van der Waals surface area contributed by atoms with Crippen molar-refractivity contribution in [1.82, 2.24) is 14.8 Å². The van der Waals surface area contributed by atoms with E-state index < -0.39 is 0 Å². The fraction of sp³-hybridized carbons (Fsp3) is 0. The molecule has 1 aromatic carbocycles. The van der Waals surface area contributed by atoms with Crippen LogP contribution in [0.1, 0.15) is 0 Å². The maximum absolute atomic E-state index is 10.2. The van der Waals surface area contributed by atoms with Crippen LogP contribution in [0.3, 0.4) is 0 Å². The van der Waals surface area contributed by atoms with Crippen LogP contribution in [0.5, 0.6) is 0 Å². The molecule has 0 fully saturated rings. The van der Waals surface area contributed by atoms with Crippen LogP contribution in [0.2, 0.25) is 5.02 Å². The lowest BCUT2D eigenvalue weighted by atomic mass is 10.3. The molecular weight excluding hydrogens is 216 g/mol. The molecule has 2 rings (SSSR count). The Hall–Kier alpha value is -1.97. The molecule has 0 amide bonds. The van der Waals surface area contributed by atoms with Crippen molar-refractivity contribution in [2.75, 3.05) is 0 Å². The van der Waals surface area contributed by atoms with Gasteiger partial charge in [0.05, 0.1) is 5.69 Å². The highest BCUT2D eigenvalue weighted by atomic mass is 35.5. The predicted molar refractivity (Wildman–Crippen MR) is 54.2 cm³/mol. The van der Waals surface area contributed by atoms with Crippen molar-refractivity contribution in [1.29, 1.82) is 0 Å². The van der Waals surface area contributed by atoms with Crippen LogP contribution in [-0.2, 0) is 4.79 Å². The number of carbonyl (C=O) groups excluding carboxylic acids is 1. The standard InChI is InChI=1S/C9H5ClN4O/c10-7-1-2-9(8(3-7)12-6-15)14-5-11-4-13-14/h1-5H. The van der Waals surface area contributed by atoms with Gasteiger partial charge < -0.3 is 0 Å². The molecule has 0 aliphatic carbocycles. The number of nitrogens with zero attached hydrogens (tertiary/aromatic N) is 4. The van der Waals surface area contributed by atoms with Crippen LogP contribution in [0.25, 0.3) is 5.69 Å². The summed E-state index contributed by atoms with van der Waals surface area (Å²) in [6.45, 7) is 0. The highest BCUT2D eigenvalue weighted by Crippen LogP contribution is 2.25. The van der Waals surface area contributed by atoms with E-state index in [1.807, 2.05) is 0 Å². The van der Waals surface area contributed by atoms with Gasteiger partial charge in [-0.25, -0.2) is 14.5 Å². The third-order valence-electron chi connectivity index (χ3n) is 1.77. The Balaban J connectivity index is 2.60. The quantitative estimate of drug-likeness (QED) is 0.574. The molecule has 0 N–H and O–H groups in total. The first kappa shape index (κ1) is 9.58. The third kappa shape index (κ3) is 1.93. The average Bonchev–Trinajstić information content (AvgIpc) is 2.71. The molecule has 0 unspecified atom stereocenters. The molecule has 0 saturated carbocycles. The van der Waals surface area contributed by atoms with Crippen LogP contribution >= 0.6 is 11.6 Å². The van der Waals surface area contributed by atoms with Gasteiger partial charge in [-0.1, -0.05) is 11.6 Å². The summed E-state index contributed by atoms with van der Waals surface area (Å²) in [6.07, 6.45) is 4.37. The molecule has 1 aromatic heterocycles. The molecule has 0 aliphatic rings. The highest BCUT2D eigenvalue weighted by molar-refractivity contribution is 6.30. The van der Waals surface area contributed by atoms with E-state index in [-0.39, 0.29) is 0 Å². The summed E-state index contributed by atoms with van der Waals surface area (Å²) in [4.78, 5) is 17.6. The van der Waals surface area contributed by atoms with E-state index in [0.717, 1.165) is 0 Å². The Morgan fingerprint density at radius 3 is 3.00 bits per heavy atom. The first-order chi connectivity index (χ1) is 7.31. The number of isocyanates is 1. The molecule has 15 heavy (non-hydrogen) atoms. The summed E-state index contributed by atoms with van der Waals surface area (Å²) in [5, 5.41) is 4.43. The largest absolute Gasteiger partial charge is 0.240 e. The number of benzene rings is 1. The number of aromatic nitrogens is 3. The van der Waals surface area contributed by atoms with Gasteiger partial charge in [0.15, 0.2) is 0 Å². The molecule has 1 heterocycles. The number of hydrogen-bond acceptors (Lipinski definition) is 4. The normalized spacial score (nSPS) is 9.67. The summed E-state index contributed by atoms with van der Waals surface area (Å²) in [6, 6.07) is 4.94. The summed E-state index contributed by atoms with van der Waals surface area (Å²) in [5.74, 6) is 0. The molecule has 0 saturated heterocycles. The van der Waals surface area contributed by atoms with Gasteiger partial charge in [-0.3, -0.25) is 0 Å². The van der Waals surface area contributed by atoms with Crippen molar-refractivity contribution in [3.05, 3.63) is 35.9 Å². The summed E-state index contributed by atoms with van der Waals surface area (Å²) in [5.41, 5.74) is 1.03. The SMILES string of the molecule is O=C=Nc1cc(Cl)ccc1-n1cncn1. The predicted octanol–water partition coefficient (Wildman–Crippen LogP) is 1.89. The van der Waals surface area contributed by atoms with Crippen LogP contribution in [-0.4, -0.2) is 20.8 Å². The van der Waals surface area contributed by atoms with Gasteiger partial charge in [-0.05, 0) is 18.2 Å². The van der Waals surface area contributed by atoms with E-state index in [1.165, 1.54) is 23.4 Å². The van der Waals surface area contributed by atoms with Crippen molar-refractivity contribution in [2.24, 2.45) is 4.99 Å². The van der Waals surface area contributed by atoms with Gasteiger partial charge >= 0.3 is 0 Å². The molecule has 74 valence electrons. The lowest BCUT2D eigenvalue weighted by molar-refractivity contribution is 0.565. The molecule has 0 atom stereocenters. The first-order valence-corrected chi connectivity index (χ1v) is 4.41. The van der Waals surface area contributed by atoms with Gasteiger partial charge in [0.25, 0.3) is 0 Å². The van der Waals surface area contributed by atoms with Gasteiger partial charge in [-0.15, -0.1) is 0 Å². The van der Waals surface area contributed by atoms with Crippen LogP contribution in [0.15, 0.2) is 35.8 Å². The first-order valence-electron chi connectivity index (χ1n) is 4.03. The second-order valence-electron chi connectivity index (χ2n) is 2.68. The smallest absolute Gasteiger partial charge is 0.223 e. The molecule has 0 bridgehead atoms. The van der Waals surface area contributed by atoms with Crippen molar-refractivity contribution in [2.45, 2.75) is 0 Å². The maximum atomic E-state index is 10.2. The minimum Gasteiger partial charge on any atom is -0.223 e. The number of rotatable bonds is 2. The zero-order chi connectivity index (χ0) is 10.7. The Kier molecular flexibility index (Phi) is 2.58. The van der Waals surface area contributed by atoms with Crippen molar-refractivity contribution >= 4 is 23.4 Å². The Morgan fingerprint density at radius 1 is 1.47 bits per heavy atom. The van der Waals surface area contributed by atoms with Crippen molar-refractivity contribution in [3.8, 4) is 5.69 Å². The maximum Gasteiger partial charge on any atom is 0.240 e. The summed E-state index contributed by atoms with van der Waals surface area (Å²) >= 11 is 5.78. The number of halogens is 1. The summed E-state index contributed by atoms with van der Waals surface area (Å²) < 4.78 is 1.49. The van der Waals surface area contributed by atoms with Crippen LogP contribution in [0.4, 0.5) is 5.69 Å². The Bertz CT molecular complexity index is 517. The van der Waals surface area contributed by atoms with E-state index in [2.05, 4.69) is 15.1 Å². The molecule has 5 nitrogen and oxygen atoms in total. The van der Waals surface area contributed by atoms with Crippen LogP contribution < -0.4 is 0 Å². The van der Waals surface area contributed by atoms with Gasteiger partial charge in [0.2, 0.25) is 6.08 Å². The molecule has 0 radical (unpaired) electrons. The Labute approximate surface area is 90.0 Å². The second kappa shape index (κ2) is 4.04. The van der Waals surface area contributed by atoms with E-state index in [4.69, 9.17) is 11.6 Å². The van der Waals surface area contributed by atoms with Gasteiger partial charge in [0, 0.05) is 5.02 Å². The van der Waals surface area contributed by atoms with Gasteiger partial charge in [0.1, 0.15) is 18.3 Å². The van der Waals surface area contributed by atoms with E-state index in [0.29, 0.717) is 16.4 Å². The lowest BCUT2D eigenvalue weighted by Gasteiger charge is -2.03. The van der Waals surface area contributed by atoms with Crippen LogP contribution in [0, 0.1) is 0 Å². The van der Waals surface area contributed by atoms with Gasteiger partial charge in [-0.2, -0.15) is 10.1 Å². The molecule has 2 aromatic rings. The second-order valence-corrected chi connectivity index (χ2v) is 3.11. The van der Waals surface area contributed by atoms with E-state index in [9.17, 15) is 4.79 Å². The lowest BCUT2D eigenvalue weighted by Crippen LogP contribution is -1.94. The highest BCUT2D eigenvalue weighted by Gasteiger charge is 2.05. The number of hydrogen-bond donors (Lipinski definition) is 0. The molecule has 0 aliphatic heterocycles. The average molecular weight is 221 g/mol. The fourth-order valence-corrected chi connectivity index (χ4v) is 1.33. The molecule has 6 heteroatoms. The fourth-order valence-electron chi connectivity index (χ4n) is 1.16. The Morgan fingerprint density at radius 2 is 2.33 bits per heavy atom. The summed E-state index contributed by atoms with van der Waals surface area (Å²) in [7, 11) is 0. The van der Waals surface area contributed by atoms with E-state index in [1.54, 1.807) is 18.2 Å². The zero-order valence-electron chi connectivity index (χ0n) is 7.46. The minimum atomic E-state index is 0.406. The van der Waals surface area contributed by atoms with Crippen molar-refractivity contribution < 1.29 is 4.79 Å². The topological polar surface area (TPSA) is 60.1 Å². The third-order valence-corrected chi connectivity index (χ3v) is 2.00. The number of aliphatic imine (C=N–C) groups is 1. The molecular formula is C9H5ClN4O.